The molecule has 0 spiro atoms. The molecule has 0 saturated heterocycles. The molecule has 0 aromatic heterocycles. The smallest absolute Gasteiger partial charge is 0.261 e. The van der Waals surface area contributed by atoms with Gasteiger partial charge in [-0.3, -0.25) is 14.3 Å². The lowest BCUT2D eigenvalue weighted by Gasteiger charge is -2.12. The highest BCUT2D eigenvalue weighted by Crippen LogP contribution is 2.28. The van der Waals surface area contributed by atoms with E-state index in [9.17, 15) is 18.0 Å². The molecule has 0 atom stereocenters. The lowest BCUT2D eigenvalue weighted by Crippen LogP contribution is -2.15. The van der Waals surface area contributed by atoms with E-state index < -0.39 is 15.9 Å². The maximum atomic E-state index is 12.6. The van der Waals surface area contributed by atoms with Crippen LogP contribution in [0.5, 0.6) is 5.75 Å². The summed E-state index contributed by atoms with van der Waals surface area (Å²) in [5.74, 6) is -0.282. The molecule has 0 heterocycles. The first kappa shape index (κ1) is 23.1. The number of carbonyl (C=O) groups is 2. The number of nitrogens with one attached hydrogen (secondary N) is 3. The molecule has 0 saturated carbocycles. The number of sulfonamides is 1. The van der Waals surface area contributed by atoms with Crippen molar-refractivity contribution in [2.45, 2.75) is 11.8 Å². The summed E-state index contributed by atoms with van der Waals surface area (Å²) in [5, 5.41) is 5.82. The number of anilines is 3. The molecule has 166 valence electrons. The Morgan fingerprint density at radius 2 is 1.50 bits per heavy atom. The molecule has 0 fully saturated rings. The normalized spacial score (nSPS) is 10.8. The summed E-state index contributed by atoms with van der Waals surface area (Å²) in [6.07, 6.45) is 0. The lowest BCUT2D eigenvalue weighted by atomic mass is 10.2. The number of carbonyl (C=O) groups excluding carboxylic acids is 2. The van der Waals surface area contributed by atoms with Gasteiger partial charge in [-0.05, 0) is 66.7 Å². The maximum Gasteiger partial charge on any atom is 0.261 e. The number of ether oxygens (including phenoxy) is 1. The van der Waals surface area contributed by atoms with Crippen molar-refractivity contribution >= 4 is 50.5 Å². The Labute approximate surface area is 190 Å². The van der Waals surface area contributed by atoms with Gasteiger partial charge in [0, 0.05) is 28.9 Å². The van der Waals surface area contributed by atoms with Crippen molar-refractivity contribution in [3.05, 3.63) is 77.3 Å². The minimum Gasteiger partial charge on any atom is -0.495 e. The lowest BCUT2D eigenvalue weighted by molar-refractivity contribution is -0.114. The molecule has 3 aromatic rings. The van der Waals surface area contributed by atoms with Crippen LogP contribution < -0.4 is 20.1 Å². The van der Waals surface area contributed by atoms with Crippen LogP contribution in [-0.2, 0) is 14.8 Å². The Morgan fingerprint density at radius 1 is 0.875 bits per heavy atom. The average Bonchev–Trinajstić information content (AvgIpc) is 2.75. The summed E-state index contributed by atoms with van der Waals surface area (Å²) in [6, 6.07) is 16.5. The number of hydrogen-bond acceptors (Lipinski definition) is 5. The summed E-state index contributed by atoms with van der Waals surface area (Å²) >= 11 is 5.81. The van der Waals surface area contributed by atoms with E-state index >= 15 is 0 Å². The van der Waals surface area contributed by atoms with Gasteiger partial charge < -0.3 is 15.4 Å². The zero-order chi connectivity index (χ0) is 23.3. The Balaban J connectivity index is 1.73. The van der Waals surface area contributed by atoms with Gasteiger partial charge in [0.25, 0.3) is 15.9 Å². The molecule has 32 heavy (non-hydrogen) atoms. The second kappa shape index (κ2) is 9.71. The molecule has 0 unspecified atom stereocenters. The number of methoxy groups -OCH3 is 1. The van der Waals surface area contributed by atoms with Crippen LogP contribution in [0.15, 0.2) is 71.6 Å². The van der Waals surface area contributed by atoms with Crippen LogP contribution in [-0.4, -0.2) is 27.3 Å². The zero-order valence-corrected chi connectivity index (χ0v) is 18.8. The van der Waals surface area contributed by atoms with Crippen molar-refractivity contribution in [1.29, 1.82) is 0 Å². The van der Waals surface area contributed by atoms with E-state index in [2.05, 4.69) is 15.4 Å². The van der Waals surface area contributed by atoms with Gasteiger partial charge >= 0.3 is 0 Å². The summed E-state index contributed by atoms with van der Waals surface area (Å²) in [4.78, 5) is 23.9. The van der Waals surface area contributed by atoms with E-state index in [-0.39, 0.29) is 16.4 Å². The highest BCUT2D eigenvalue weighted by molar-refractivity contribution is 7.92. The highest BCUT2D eigenvalue weighted by atomic mass is 35.5. The van der Waals surface area contributed by atoms with Gasteiger partial charge in [0.1, 0.15) is 5.75 Å². The average molecular weight is 474 g/mol. The third-order valence-electron chi connectivity index (χ3n) is 4.29. The van der Waals surface area contributed by atoms with Gasteiger partial charge in [-0.25, -0.2) is 8.42 Å². The highest BCUT2D eigenvalue weighted by Gasteiger charge is 2.16. The molecule has 3 rings (SSSR count). The molecular formula is C22H20ClN3O5S. The monoisotopic (exact) mass is 473 g/mol. The fourth-order valence-electron chi connectivity index (χ4n) is 2.79. The number of amides is 2. The first-order chi connectivity index (χ1) is 15.2. The Morgan fingerprint density at radius 3 is 2.09 bits per heavy atom. The molecule has 0 radical (unpaired) electrons. The Bertz CT molecular complexity index is 1240. The molecule has 0 bridgehead atoms. The third kappa shape index (κ3) is 5.77. The van der Waals surface area contributed by atoms with E-state index in [0.29, 0.717) is 27.8 Å². The molecule has 8 nitrogen and oxygen atoms in total. The summed E-state index contributed by atoms with van der Waals surface area (Å²) in [6.45, 7) is 1.36. The fourth-order valence-corrected chi connectivity index (χ4v) is 3.98. The standard InChI is InChI=1S/C22H20ClN3O5S/c1-14(27)24-20-13-18(9-12-21(20)31-2)25-22(28)15-3-10-19(11-4-15)32(29,30)26-17-7-5-16(23)6-8-17/h3-13,26H,1-2H3,(H,24,27)(H,25,28). The van der Waals surface area contributed by atoms with E-state index in [4.69, 9.17) is 16.3 Å². The maximum absolute atomic E-state index is 12.6. The quantitative estimate of drug-likeness (QED) is 0.471. The van der Waals surface area contributed by atoms with E-state index in [1.54, 1.807) is 42.5 Å². The first-order valence-corrected chi connectivity index (χ1v) is 11.2. The van der Waals surface area contributed by atoms with Crippen molar-refractivity contribution < 1.29 is 22.7 Å². The Hall–Kier alpha value is -3.56. The SMILES string of the molecule is COc1ccc(NC(=O)c2ccc(S(=O)(=O)Nc3ccc(Cl)cc3)cc2)cc1NC(C)=O. The van der Waals surface area contributed by atoms with Crippen LogP contribution in [0.2, 0.25) is 5.02 Å². The number of halogens is 1. The molecule has 0 aliphatic carbocycles. The molecule has 0 aliphatic heterocycles. The number of rotatable bonds is 7. The summed E-state index contributed by atoms with van der Waals surface area (Å²) < 4.78 is 32.7. The Kier molecular flexibility index (Phi) is 7.01. The largest absolute Gasteiger partial charge is 0.495 e. The topological polar surface area (TPSA) is 114 Å². The number of hydrogen-bond donors (Lipinski definition) is 3. The van der Waals surface area contributed by atoms with Crippen molar-refractivity contribution in [2.75, 3.05) is 22.5 Å². The molecule has 3 aromatic carbocycles. The molecule has 0 aliphatic rings. The van der Waals surface area contributed by atoms with Gasteiger partial charge in [0.15, 0.2) is 0 Å². The second-order valence-electron chi connectivity index (χ2n) is 6.69. The predicted molar refractivity (Wildman–Crippen MR) is 124 cm³/mol. The first-order valence-electron chi connectivity index (χ1n) is 9.33. The van der Waals surface area contributed by atoms with Gasteiger partial charge in [-0.2, -0.15) is 0 Å². The van der Waals surface area contributed by atoms with Crippen LogP contribution >= 0.6 is 11.6 Å². The van der Waals surface area contributed by atoms with Crippen LogP contribution in [0.1, 0.15) is 17.3 Å². The van der Waals surface area contributed by atoms with Crippen LogP contribution in [0.25, 0.3) is 0 Å². The fraction of sp³-hybridized carbons (Fsp3) is 0.0909. The third-order valence-corrected chi connectivity index (χ3v) is 5.94. The van der Waals surface area contributed by atoms with Crippen LogP contribution in [0.4, 0.5) is 17.1 Å². The minimum absolute atomic E-state index is 0.00129. The molecular weight excluding hydrogens is 454 g/mol. The second-order valence-corrected chi connectivity index (χ2v) is 8.81. The van der Waals surface area contributed by atoms with Crippen LogP contribution in [0, 0.1) is 0 Å². The predicted octanol–water partition coefficient (Wildman–Crippen LogP) is 4.36. The number of benzene rings is 3. The minimum atomic E-state index is -3.83. The van der Waals surface area contributed by atoms with E-state index in [0.717, 1.165) is 0 Å². The van der Waals surface area contributed by atoms with Gasteiger partial charge in [-0.15, -0.1) is 0 Å². The molecule has 2 amide bonds. The van der Waals surface area contributed by atoms with Crippen LogP contribution in [0.3, 0.4) is 0 Å². The van der Waals surface area contributed by atoms with E-state index in [1.807, 2.05) is 0 Å². The van der Waals surface area contributed by atoms with Crippen molar-refractivity contribution in [2.24, 2.45) is 0 Å². The van der Waals surface area contributed by atoms with Crippen molar-refractivity contribution in [3.8, 4) is 5.75 Å². The summed E-state index contributed by atoms with van der Waals surface area (Å²) in [7, 11) is -2.36. The molecule has 3 N–H and O–H groups in total. The zero-order valence-electron chi connectivity index (χ0n) is 17.2. The summed E-state index contributed by atoms with van der Waals surface area (Å²) in [5.41, 5.74) is 1.46. The van der Waals surface area contributed by atoms with Crippen molar-refractivity contribution in [3.63, 3.8) is 0 Å². The van der Waals surface area contributed by atoms with Crippen molar-refractivity contribution in [1.82, 2.24) is 0 Å². The van der Waals surface area contributed by atoms with Gasteiger partial charge in [0.2, 0.25) is 5.91 Å². The van der Waals surface area contributed by atoms with Gasteiger partial charge in [-0.1, -0.05) is 11.6 Å². The van der Waals surface area contributed by atoms with E-state index in [1.165, 1.54) is 38.3 Å². The van der Waals surface area contributed by atoms with Gasteiger partial charge in [0.05, 0.1) is 17.7 Å². The molecule has 10 heteroatoms.